The van der Waals surface area contributed by atoms with Crippen LogP contribution in [0.4, 0.5) is 26.3 Å². The summed E-state index contributed by atoms with van der Waals surface area (Å²) >= 11 is 11.9. The summed E-state index contributed by atoms with van der Waals surface area (Å²) in [6.45, 7) is 0. The van der Waals surface area contributed by atoms with Crippen LogP contribution in [0.3, 0.4) is 0 Å². The van der Waals surface area contributed by atoms with E-state index in [1.807, 2.05) is 48.5 Å². The van der Waals surface area contributed by atoms with Crippen molar-refractivity contribution in [1.82, 2.24) is 9.13 Å². The predicted molar refractivity (Wildman–Crippen MR) is 223 cm³/mol. The summed E-state index contributed by atoms with van der Waals surface area (Å²) < 4.78 is 86.6. The van der Waals surface area contributed by atoms with E-state index in [1.165, 1.54) is 25.3 Å². The highest BCUT2D eigenvalue weighted by Gasteiger charge is 2.31. The van der Waals surface area contributed by atoms with Gasteiger partial charge in [-0.15, -0.1) is 0 Å². The first-order chi connectivity index (χ1) is 29.0. The lowest BCUT2D eigenvalue weighted by molar-refractivity contribution is -0.138. The van der Waals surface area contributed by atoms with Crippen molar-refractivity contribution in [2.24, 2.45) is 0 Å². The third kappa shape index (κ3) is 9.61. The fourth-order valence-corrected chi connectivity index (χ4v) is 7.41. The lowest BCUT2D eigenvalue weighted by atomic mass is 9.99. The maximum Gasteiger partial charge on any atom is 0.416 e. The smallest absolute Gasteiger partial charge is 0.416 e. The Balaban J connectivity index is 0.000000184. The van der Waals surface area contributed by atoms with Crippen LogP contribution in [0.5, 0.6) is 0 Å². The molecule has 0 atom stereocenters. The van der Waals surface area contributed by atoms with Gasteiger partial charge in [-0.05, 0) is 132 Å². The van der Waals surface area contributed by atoms with Crippen LogP contribution in [-0.4, -0.2) is 33.3 Å². The molecule has 0 radical (unpaired) electrons. The largest absolute Gasteiger partial charge is 0.478 e. The van der Waals surface area contributed by atoms with Gasteiger partial charge < -0.3 is 19.0 Å². The molecular weight excluding hydrogens is 841 g/mol. The summed E-state index contributed by atoms with van der Waals surface area (Å²) in [5.41, 5.74) is 4.76. The number of ether oxygens (including phenoxy) is 1. The Morgan fingerprint density at radius 1 is 0.574 bits per heavy atom. The molecule has 14 heteroatoms. The van der Waals surface area contributed by atoms with E-state index in [0.29, 0.717) is 45.4 Å². The monoisotopic (exact) mass is 872 g/mol. The number of carboxylic acid groups (broad SMARTS) is 1. The van der Waals surface area contributed by atoms with Crippen LogP contribution in [0.15, 0.2) is 146 Å². The van der Waals surface area contributed by atoms with Crippen LogP contribution in [0.1, 0.15) is 54.1 Å². The van der Waals surface area contributed by atoms with Gasteiger partial charge in [0.25, 0.3) is 0 Å². The van der Waals surface area contributed by atoms with Gasteiger partial charge in [0.05, 0.1) is 40.4 Å². The topological polar surface area (TPSA) is 73.5 Å². The third-order valence-electron chi connectivity index (χ3n) is 9.98. The number of fused-ring (bicyclic) bond motifs is 2. The van der Waals surface area contributed by atoms with E-state index in [1.54, 1.807) is 64.0 Å². The highest BCUT2D eigenvalue weighted by Crippen LogP contribution is 2.33. The van der Waals surface area contributed by atoms with Crippen molar-refractivity contribution in [3.63, 3.8) is 0 Å². The minimum atomic E-state index is -4.41. The van der Waals surface area contributed by atoms with Crippen molar-refractivity contribution in [1.29, 1.82) is 0 Å². The Bertz CT molecular complexity index is 2930. The average molecular weight is 874 g/mol. The van der Waals surface area contributed by atoms with Crippen molar-refractivity contribution < 1.29 is 45.8 Å². The molecule has 61 heavy (non-hydrogen) atoms. The molecule has 0 bridgehead atoms. The number of hydrogen-bond acceptors (Lipinski definition) is 3. The average Bonchev–Trinajstić information content (AvgIpc) is 3.86. The van der Waals surface area contributed by atoms with Crippen LogP contribution >= 0.6 is 23.2 Å². The standard InChI is InChI=1S/C24H17ClF3NO2.C23H15ClF3NO2/c1-31-23(30)21-14-19(25)7-6-16(21)11-15-5-8-22-17(12-15)9-10-29(22)20-4-2-3-18(13-20)24(26,27)28;24-18-6-5-15(20(13-18)22(29)30)10-14-4-7-21-16(11-14)8-9-28(21)19-3-1-2-17(12-19)23(25,26)27/h2-10,12-14H,11H2,1H3;1-9,11-13H,10H2,(H,29,30). The Hall–Kier alpha value is -6.50. The molecule has 2 heterocycles. The van der Waals surface area contributed by atoms with E-state index >= 15 is 0 Å². The Kier molecular flexibility index (Phi) is 12.0. The number of nitrogens with zero attached hydrogens (tertiary/aromatic N) is 2. The number of halogens is 8. The van der Waals surface area contributed by atoms with Gasteiger partial charge in [0.1, 0.15) is 0 Å². The van der Waals surface area contributed by atoms with Crippen LogP contribution < -0.4 is 0 Å². The summed E-state index contributed by atoms with van der Waals surface area (Å²) in [6.07, 6.45) is -4.48. The SMILES string of the molecule is COC(=O)c1cc(Cl)ccc1Cc1ccc2c(ccn2-c2cccc(C(F)(F)F)c2)c1.O=C(O)c1cc(Cl)ccc1Cc1ccc2c(ccn2-c2cccc(C(F)(F)F)c2)c1. The second-order valence-electron chi connectivity index (χ2n) is 14.0. The zero-order valence-electron chi connectivity index (χ0n) is 31.9. The molecule has 310 valence electrons. The molecule has 0 saturated heterocycles. The molecule has 0 aliphatic rings. The van der Waals surface area contributed by atoms with Gasteiger partial charge in [0.2, 0.25) is 0 Å². The summed E-state index contributed by atoms with van der Waals surface area (Å²) in [7, 11) is 1.32. The molecule has 6 aromatic carbocycles. The second-order valence-corrected chi connectivity index (χ2v) is 14.9. The zero-order chi connectivity index (χ0) is 43.6. The van der Waals surface area contributed by atoms with Crippen molar-refractivity contribution in [2.45, 2.75) is 25.2 Å². The maximum absolute atomic E-state index is 13.1. The van der Waals surface area contributed by atoms with Gasteiger partial charge in [0, 0.05) is 44.6 Å². The molecule has 8 aromatic rings. The number of aromatic carboxylic acids is 1. The molecule has 0 fully saturated rings. The number of hydrogen-bond donors (Lipinski definition) is 1. The van der Waals surface area contributed by atoms with Crippen molar-refractivity contribution >= 4 is 56.9 Å². The number of carbonyl (C=O) groups is 2. The quantitative estimate of drug-likeness (QED) is 0.122. The van der Waals surface area contributed by atoms with Gasteiger partial charge in [0.15, 0.2) is 0 Å². The number of carboxylic acids is 1. The second kappa shape index (κ2) is 17.2. The molecule has 0 aliphatic carbocycles. The van der Waals surface area contributed by atoms with Gasteiger partial charge in [-0.1, -0.05) is 59.6 Å². The molecule has 2 aromatic heterocycles. The fraction of sp³-hybridized carbons (Fsp3) is 0.106. The van der Waals surface area contributed by atoms with E-state index in [4.69, 9.17) is 27.9 Å². The molecule has 0 aliphatic heterocycles. The Labute approximate surface area is 354 Å². The first-order valence-corrected chi connectivity index (χ1v) is 19.2. The highest BCUT2D eigenvalue weighted by atomic mass is 35.5. The summed E-state index contributed by atoms with van der Waals surface area (Å²) in [5, 5.41) is 11.9. The molecule has 0 unspecified atom stereocenters. The maximum atomic E-state index is 13.1. The number of carbonyl (C=O) groups excluding carboxylic acids is 1. The predicted octanol–water partition coefficient (Wildman–Crippen LogP) is 13.3. The van der Waals surface area contributed by atoms with Gasteiger partial charge in [-0.25, -0.2) is 9.59 Å². The summed E-state index contributed by atoms with van der Waals surface area (Å²) in [4.78, 5) is 23.6. The normalized spacial score (nSPS) is 11.7. The van der Waals surface area contributed by atoms with Crippen LogP contribution in [0.2, 0.25) is 10.0 Å². The van der Waals surface area contributed by atoms with Gasteiger partial charge >= 0.3 is 24.3 Å². The third-order valence-corrected chi connectivity index (χ3v) is 10.5. The minimum absolute atomic E-state index is 0.143. The number of alkyl halides is 6. The Morgan fingerprint density at radius 2 is 1.02 bits per heavy atom. The molecular formula is C47H32Cl2F6N2O4. The van der Waals surface area contributed by atoms with E-state index < -0.39 is 35.4 Å². The molecule has 6 nitrogen and oxygen atoms in total. The first-order valence-electron chi connectivity index (χ1n) is 18.4. The van der Waals surface area contributed by atoms with Crippen molar-refractivity contribution in [2.75, 3.05) is 7.11 Å². The van der Waals surface area contributed by atoms with Crippen LogP contribution in [0, 0.1) is 0 Å². The van der Waals surface area contributed by atoms with E-state index in [-0.39, 0.29) is 5.56 Å². The molecule has 1 N–H and O–H groups in total. The Morgan fingerprint density at radius 3 is 1.44 bits per heavy atom. The lowest BCUT2D eigenvalue weighted by Crippen LogP contribution is -2.06. The number of benzene rings is 6. The number of esters is 1. The zero-order valence-corrected chi connectivity index (χ0v) is 33.4. The van der Waals surface area contributed by atoms with E-state index in [2.05, 4.69) is 0 Å². The molecule has 0 amide bonds. The summed E-state index contributed by atoms with van der Waals surface area (Å²) in [5.74, 6) is -1.52. The highest BCUT2D eigenvalue weighted by molar-refractivity contribution is 6.31. The number of methoxy groups -OCH3 is 1. The van der Waals surface area contributed by atoms with Crippen molar-refractivity contribution in [3.8, 4) is 11.4 Å². The molecule has 8 rings (SSSR count). The van der Waals surface area contributed by atoms with Crippen LogP contribution in [-0.2, 0) is 29.9 Å². The summed E-state index contributed by atoms with van der Waals surface area (Å²) in [6, 6.07) is 35.1. The van der Waals surface area contributed by atoms with Gasteiger partial charge in [-0.2, -0.15) is 26.3 Å². The van der Waals surface area contributed by atoms with Crippen LogP contribution in [0.25, 0.3) is 33.2 Å². The number of aromatic nitrogens is 2. The molecule has 0 saturated carbocycles. The first kappa shape index (κ1) is 42.6. The van der Waals surface area contributed by atoms with E-state index in [9.17, 15) is 41.0 Å². The fourth-order valence-electron chi connectivity index (χ4n) is 7.06. The van der Waals surface area contributed by atoms with Gasteiger partial charge in [-0.3, -0.25) is 0 Å². The van der Waals surface area contributed by atoms with E-state index in [0.717, 1.165) is 62.8 Å². The number of rotatable bonds is 8. The minimum Gasteiger partial charge on any atom is -0.478 e. The molecule has 0 spiro atoms. The van der Waals surface area contributed by atoms with Crippen molar-refractivity contribution in [3.05, 3.63) is 200 Å². The lowest BCUT2D eigenvalue weighted by Gasteiger charge is -2.11.